The molecule has 0 saturated heterocycles. The Kier molecular flexibility index (Phi) is 4.65. The number of carbonyl (C=O) groups is 1. The standard InChI is InChI=1S/C16H25N3O/c1-11-7-8-12(16(20)19(2)3)9-15(11)18-14-6-4-5-13(14)10-17/h7-9,13-14,18H,4-6,10,17H2,1-3H3. The van der Waals surface area contributed by atoms with Crippen LogP contribution >= 0.6 is 0 Å². The van der Waals surface area contributed by atoms with Gasteiger partial charge >= 0.3 is 0 Å². The molecule has 1 amide bonds. The van der Waals surface area contributed by atoms with Gasteiger partial charge in [0.2, 0.25) is 0 Å². The molecular weight excluding hydrogens is 250 g/mol. The third-order valence-corrected chi connectivity index (χ3v) is 4.19. The Hall–Kier alpha value is -1.55. The van der Waals surface area contributed by atoms with Gasteiger partial charge in [-0.1, -0.05) is 12.5 Å². The van der Waals surface area contributed by atoms with Gasteiger partial charge in [0, 0.05) is 31.4 Å². The zero-order valence-corrected chi connectivity index (χ0v) is 12.6. The molecule has 2 atom stereocenters. The Balaban J connectivity index is 2.18. The molecule has 1 aromatic carbocycles. The van der Waals surface area contributed by atoms with Crippen LogP contribution in [-0.4, -0.2) is 37.5 Å². The highest BCUT2D eigenvalue weighted by atomic mass is 16.2. The first-order valence-electron chi connectivity index (χ1n) is 7.32. The van der Waals surface area contributed by atoms with Crippen molar-refractivity contribution >= 4 is 11.6 Å². The molecular formula is C16H25N3O. The molecule has 1 aliphatic rings. The SMILES string of the molecule is Cc1ccc(C(=O)N(C)C)cc1NC1CCCC1CN. The van der Waals surface area contributed by atoms with E-state index in [-0.39, 0.29) is 5.91 Å². The van der Waals surface area contributed by atoms with Gasteiger partial charge in [-0.25, -0.2) is 0 Å². The van der Waals surface area contributed by atoms with Crippen LogP contribution in [0.3, 0.4) is 0 Å². The summed E-state index contributed by atoms with van der Waals surface area (Å²) in [5, 5.41) is 3.59. The van der Waals surface area contributed by atoms with Gasteiger partial charge in [-0.3, -0.25) is 4.79 Å². The maximum Gasteiger partial charge on any atom is 0.253 e. The van der Waals surface area contributed by atoms with Crippen LogP contribution in [0.2, 0.25) is 0 Å². The topological polar surface area (TPSA) is 58.4 Å². The van der Waals surface area contributed by atoms with Crippen molar-refractivity contribution in [1.82, 2.24) is 4.90 Å². The molecule has 0 spiro atoms. The van der Waals surface area contributed by atoms with Crippen LogP contribution in [0.4, 0.5) is 5.69 Å². The maximum atomic E-state index is 12.0. The van der Waals surface area contributed by atoms with E-state index in [1.165, 1.54) is 18.4 Å². The zero-order valence-electron chi connectivity index (χ0n) is 12.6. The molecule has 0 aromatic heterocycles. The lowest BCUT2D eigenvalue weighted by atomic mass is 10.0. The van der Waals surface area contributed by atoms with E-state index in [0.717, 1.165) is 24.2 Å². The first kappa shape index (κ1) is 14.9. The summed E-state index contributed by atoms with van der Waals surface area (Å²) in [4.78, 5) is 13.6. The number of rotatable bonds is 4. The quantitative estimate of drug-likeness (QED) is 0.886. The number of nitrogens with one attached hydrogen (secondary N) is 1. The second-order valence-corrected chi connectivity index (χ2v) is 5.91. The van der Waals surface area contributed by atoms with Crippen LogP contribution in [0, 0.1) is 12.8 Å². The predicted molar refractivity (Wildman–Crippen MR) is 83.0 cm³/mol. The molecule has 3 N–H and O–H groups in total. The van der Waals surface area contributed by atoms with Crippen LogP contribution in [0.25, 0.3) is 0 Å². The van der Waals surface area contributed by atoms with Crippen LogP contribution in [0.15, 0.2) is 18.2 Å². The highest BCUT2D eigenvalue weighted by Crippen LogP contribution is 2.29. The summed E-state index contributed by atoms with van der Waals surface area (Å²) >= 11 is 0. The van der Waals surface area contributed by atoms with E-state index in [1.807, 2.05) is 18.2 Å². The minimum Gasteiger partial charge on any atom is -0.382 e. The molecule has 20 heavy (non-hydrogen) atoms. The van der Waals surface area contributed by atoms with Crippen molar-refractivity contribution in [2.75, 3.05) is 26.0 Å². The Morgan fingerprint density at radius 3 is 2.80 bits per heavy atom. The Morgan fingerprint density at radius 2 is 2.15 bits per heavy atom. The molecule has 0 heterocycles. The van der Waals surface area contributed by atoms with Crippen molar-refractivity contribution < 1.29 is 4.79 Å². The minimum absolute atomic E-state index is 0.0369. The molecule has 0 radical (unpaired) electrons. The molecule has 4 heteroatoms. The number of hydrogen-bond donors (Lipinski definition) is 2. The summed E-state index contributed by atoms with van der Waals surface area (Å²) in [6, 6.07) is 6.29. The monoisotopic (exact) mass is 275 g/mol. The average molecular weight is 275 g/mol. The second kappa shape index (κ2) is 6.27. The Labute approximate surface area is 121 Å². The van der Waals surface area contributed by atoms with E-state index in [9.17, 15) is 4.79 Å². The van der Waals surface area contributed by atoms with Crippen molar-refractivity contribution in [3.63, 3.8) is 0 Å². The number of amides is 1. The third kappa shape index (κ3) is 3.12. The van der Waals surface area contributed by atoms with Gasteiger partial charge in [0.25, 0.3) is 5.91 Å². The number of anilines is 1. The molecule has 1 aliphatic carbocycles. The van der Waals surface area contributed by atoms with Gasteiger partial charge in [0.05, 0.1) is 0 Å². The van der Waals surface area contributed by atoms with E-state index < -0.39 is 0 Å². The lowest BCUT2D eigenvalue weighted by Gasteiger charge is -2.22. The van der Waals surface area contributed by atoms with Gasteiger partial charge in [-0.05, 0) is 49.9 Å². The predicted octanol–water partition coefficient (Wildman–Crippen LogP) is 2.24. The van der Waals surface area contributed by atoms with Gasteiger partial charge in [0.15, 0.2) is 0 Å². The van der Waals surface area contributed by atoms with Crippen molar-refractivity contribution in [1.29, 1.82) is 0 Å². The van der Waals surface area contributed by atoms with Crippen molar-refractivity contribution in [3.8, 4) is 0 Å². The van der Waals surface area contributed by atoms with E-state index in [0.29, 0.717) is 12.0 Å². The van der Waals surface area contributed by atoms with E-state index in [2.05, 4.69) is 12.2 Å². The highest BCUT2D eigenvalue weighted by Gasteiger charge is 2.26. The number of nitrogens with two attached hydrogens (primary N) is 1. The number of nitrogens with zero attached hydrogens (tertiary/aromatic N) is 1. The second-order valence-electron chi connectivity index (χ2n) is 5.91. The fourth-order valence-corrected chi connectivity index (χ4v) is 2.88. The normalized spacial score (nSPS) is 21.8. The van der Waals surface area contributed by atoms with Gasteiger partial charge in [-0.2, -0.15) is 0 Å². The van der Waals surface area contributed by atoms with Crippen LogP contribution in [0.1, 0.15) is 35.2 Å². The fourth-order valence-electron chi connectivity index (χ4n) is 2.88. The van der Waals surface area contributed by atoms with Crippen LogP contribution in [-0.2, 0) is 0 Å². The first-order valence-corrected chi connectivity index (χ1v) is 7.32. The van der Waals surface area contributed by atoms with Crippen molar-refractivity contribution in [3.05, 3.63) is 29.3 Å². The largest absolute Gasteiger partial charge is 0.382 e. The van der Waals surface area contributed by atoms with Gasteiger partial charge < -0.3 is 16.0 Å². The highest BCUT2D eigenvalue weighted by molar-refractivity contribution is 5.95. The summed E-state index contributed by atoms with van der Waals surface area (Å²) in [7, 11) is 3.55. The van der Waals surface area contributed by atoms with Crippen LogP contribution in [0.5, 0.6) is 0 Å². The van der Waals surface area contributed by atoms with Crippen molar-refractivity contribution in [2.24, 2.45) is 11.7 Å². The lowest BCUT2D eigenvalue weighted by molar-refractivity contribution is 0.0827. The Morgan fingerprint density at radius 1 is 1.40 bits per heavy atom. The average Bonchev–Trinajstić information content (AvgIpc) is 2.87. The number of aryl methyl sites for hydroxylation is 1. The Bertz CT molecular complexity index is 485. The molecule has 0 bridgehead atoms. The minimum atomic E-state index is 0.0369. The summed E-state index contributed by atoms with van der Waals surface area (Å²) in [6.45, 7) is 2.80. The van der Waals surface area contributed by atoms with E-state index in [1.54, 1.807) is 19.0 Å². The molecule has 2 unspecified atom stereocenters. The molecule has 0 aliphatic heterocycles. The smallest absolute Gasteiger partial charge is 0.253 e. The molecule has 1 aromatic rings. The fraction of sp³-hybridized carbons (Fsp3) is 0.562. The maximum absolute atomic E-state index is 12.0. The van der Waals surface area contributed by atoms with E-state index in [4.69, 9.17) is 5.73 Å². The first-order chi connectivity index (χ1) is 9.52. The van der Waals surface area contributed by atoms with Gasteiger partial charge in [0.1, 0.15) is 0 Å². The molecule has 1 saturated carbocycles. The third-order valence-electron chi connectivity index (χ3n) is 4.19. The van der Waals surface area contributed by atoms with Crippen molar-refractivity contribution in [2.45, 2.75) is 32.2 Å². The summed E-state index contributed by atoms with van der Waals surface area (Å²) < 4.78 is 0. The molecule has 2 rings (SSSR count). The van der Waals surface area contributed by atoms with E-state index >= 15 is 0 Å². The molecule has 4 nitrogen and oxygen atoms in total. The number of hydrogen-bond acceptors (Lipinski definition) is 3. The summed E-state index contributed by atoms with van der Waals surface area (Å²) in [5.41, 5.74) is 8.79. The zero-order chi connectivity index (χ0) is 14.7. The molecule has 110 valence electrons. The number of benzene rings is 1. The lowest BCUT2D eigenvalue weighted by Crippen LogP contribution is -2.30. The summed E-state index contributed by atoms with van der Waals surface area (Å²) in [5.74, 6) is 0.581. The van der Waals surface area contributed by atoms with Crippen LogP contribution < -0.4 is 11.1 Å². The molecule has 1 fully saturated rings. The van der Waals surface area contributed by atoms with Gasteiger partial charge in [-0.15, -0.1) is 0 Å². The summed E-state index contributed by atoms with van der Waals surface area (Å²) in [6.07, 6.45) is 3.59. The number of carbonyl (C=O) groups excluding carboxylic acids is 1.